The molecule has 30 heavy (non-hydrogen) atoms. The average Bonchev–Trinajstić information content (AvgIpc) is 2.80. The normalized spacial score (nSPS) is 13.4. The van der Waals surface area contributed by atoms with Crippen molar-refractivity contribution < 1.29 is 9.53 Å². The lowest BCUT2D eigenvalue weighted by molar-refractivity contribution is 0.102. The van der Waals surface area contributed by atoms with Crippen molar-refractivity contribution in [1.82, 2.24) is 4.98 Å². The van der Waals surface area contributed by atoms with E-state index in [1.807, 2.05) is 30.3 Å². The van der Waals surface area contributed by atoms with Crippen LogP contribution in [-0.2, 0) is 4.74 Å². The van der Waals surface area contributed by atoms with Crippen LogP contribution in [0, 0.1) is 11.3 Å². The van der Waals surface area contributed by atoms with Crippen molar-refractivity contribution in [3.05, 3.63) is 78.0 Å². The molecule has 0 saturated carbocycles. The zero-order valence-electron chi connectivity index (χ0n) is 16.3. The van der Waals surface area contributed by atoms with Gasteiger partial charge in [0.15, 0.2) is 0 Å². The molecule has 0 bridgehead atoms. The molecule has 0 atom stereocenters. The minimum Gasteiger partial charge on any atom is -0.378 e. The molecule has 2 heterocycles. The lowest BCUT2D eigenvalue weighted by atomic mass is 10.2. The Morgan fingerprint density at radius 3 is 2.73 bits per heavy atom. The fourth-order valence-corrected chi connectivity index (χ4v) is 3.31. The number of pyridine rings is 1. The topological polar surface area (TPSA) is 90.3 Å². The summed E-state index contributed by atoms with van der Waals surface area (Å²) in [5.41, 5.74) is 3.51. The van der Waals surface area contributed by atoms with Crippen molar-refractivity contribution in [2.24, 2.45) is 0 Å². The van der Waals surface area contributed by atoms with Crippen LogP contribution >= 0.6 is 0 Å². The first-order chi connectivity index (χ1) is 14.7. The smallest absolute Gasteiger partial charge is 0.255 e. The van der Waals surface area contributed by atoms with E-state index in [-0.39, 0.29) is 5.91 Å². The van der Waals surface area contributed by atoms with Crippen LogP contribution in [0.4, 0.5) is 22.9 Å². The summed E-state index contributed by atoms with van der Waals surface area (Å²) in [4.78, 5) is 19.4. The van der Waals surface area contributed by atoms with Crippen LogP contribution in [0.2, 0.25) is 0 Å². The van der Waals surface area contributed by atoms with Crippen molar-refractivity contribution in [2.45, 2.75) is 0 Å². The number of aromatic nitrogens is 1. The Hall–Kier alpha value is -3.89. The molecule has 1 fully saturated rings. The number of nitrogens with one attached hydrogen (secondary N) is 2. The van der Waals surface area contributed by atoms with Gasteiger partial charge in [-0.25, -0.2) is 4.98 Å². The van der Waals surface area contributed by atoms with Crippen LogP contribution in [0.25, 0.3) is 0 Å². The van der Waals surface area contributed by atoms with Gasteiger partial charge in [0.05, 0.1) is 36.2 Å². The number of hydrogen-bond acceptors (Lipinski definition) is 6. The van der Waals surface area contributed by atoms with Crippen LogP contribution < -0.4 is 15.5 Å². The molecule has 2 N–H and O–H groups in total. The molecular formula is C23H21N5O2. The lowest BCUT2D eigenvalue weighted by Crippen LogP contribution is -2.36. The van der Waals surface area contributed by atoms with Gasteiger partial charge in [0.1, 0.15) is 5.82 Å². The number of nitriles is 1. The standard InChI is InChI=1S/C23H21N5O2/c24-16-17-4-3-5-19(14-17)26-22-15-18(8-9-25-22)23(29)27-20-6-1-2-7-21(20)28-10-12-30-13-11-28/h1-9,14-15H,10-13H2,(H,25,26)(H,27,29). The third-order valence-electron chi connectivity index (χ3n) is 4.79. The Morgan fingerprint density at radius 2 is 1.90 bits per heavy atom. The summed E-state index contributed by atoms with van der Waals surface area (Å²) >= 11 is 0. The van der Waals surface area contributed by atoms with Gasteiger partial charge in [-0.05, 0) is 42.5 Å². The molecule has 3 aromatic rings. The predicted molar refractivity (Wildman–Crippen MR) is 116 cm³/mol. The van der Waals surface area contributed by atoms with Gasteiger partial charge < -0.3 is 20.3 Å². The van der Waals surface area contributed by atoms with E-state index in [0.717, 1.165) is 30.2 Å². The molecular weight excluding hydrogens is 378 g/mol. The number of hydrogen-bond donors (Lipinski definition) is 2. The van der Waals surface area contributed by atoms with Gasteiger partial charge in [0.25, 0.3) is 5.91 Å². The van der Waals surface area contributed by atoms with E-state index in [2.05, 4.69) is 26.6 Å². The van der Waals surface area contributed by atoms with Crippen LogP contribution in [0.3, 0.4) is 0 Å². The molecule has 1 saturated heterocycles. The first-order valence-corrected chi connectivity index (χ1v) is 9.69. The Labute approximate surface area is 174 Å². The number of carbonyl (C=O) groups is 1. The molecule has 2 aromatic carbocycles. The van der Waals surface area contributed by atoms with Crippen molar-refractivity contribution in [3.8, 4) is 6.07 Å². The van der Waals surface area contributed by atoms with Gasteiger partial charge in [-0.2, -0.15) is 5.26 Å². The molecule has 7 nitrogen and oxygen atoms in total. The first kappa shape index (κ1) is 19.4. The van der Waals surface area contributed by atoms with Crippen LogP contribution in [-0.4, -0.2) is 37.2 Å². The zero-order chi connectivity index (χ0) is 20.8. The zero-order valence-corrected chi connectivity index (χ0v) is 16.3. The Bertz CT molecular complexity index is 1090. The second kappa shape index (κ2) is 9.07. The molecule has 0 radical (unpaired) electrons. The highest BCUT2D eigenvalue weighted by atomic mass is 16.5. The summed E-state index contributed by atoms with van der Waals surface area (Å²) < 4.78 is 5.43. The molecule has 150 valence electrons. The second-order valence-electron chi connectivity index (χ2n) is 6.82. The van der Waals surface area contributed by atoms with Gasteiger partial charge in [0.2, 0.25) is 0 Å². The van der Waals surface area contributed by atoms with E-state index in [1.54, 1.807) is 36.5 Å². The number of nitrogens with zero attached hydrogens (tertiary/aromatic N) is 3. The summed E-state index contributed by atoms with van der Waals surface area (Å²) in [5.74, 6) is 0.311. The summed E-state index contributed by atoms with van der Waals surface area (Å²) in [6, 6.07) is 20.3. The molecule has 1 aromatic heterocycles. The fourth-order valence-electron chi connectivity index (χ4n) is 3.31. The van der Waals surface area contributed by atoms with E-state index < -0.39 is 0 Å². The molecule has 1 aliphatic heterocycles. The number of benzene rings is 2. The van der Waals surface area contributed by atoms with Crippen molar-refractivity contribution in [1.29, 1.82) is 5.26 Å². The number of ether oxygens (including phenoxy) is 1. The van der Waals surface area contributed by atoms with Crippen molar-refractivity contribution >= 4 is 28.8 Å². The molecule has 0 spiro atoms. The third-order valence-corrected chi connectivity index (χ3v) is 4.79. The number of morpholine rings is 1. The minimum atomic E-state index is -0.216. The molecule has 0 aliphatic carbocycles. The summed E-state index contributed by atoms with van der Waals surface area (Å²) in [7, 11) is 0. The minimum absolute atomic E-state index is 0.216. The first-order valence-electron chi connectivity index (χ1n) is 9.69. The molecule has 0 unspecified atom stereocenters. The number of carbonyl (C=O) groups excluding carboxylic acids is 1. The molecule has 7 heteroatoms. The number of anilines is 4. The number of amides is 1. The summed E-state index contributed by atoms with van der Waals surface area (Å²) in [6.45, 7) is 2.93. The highest BCUT2D eigenvalue weighted by Gasteiger charge is 2.16. The largest absolute Gasteiger partial charge is 0.378 e. The van der Waals surface area contributed by atoms with E-state index in [4.69, 9.17) is 10.00 Å². The van der Waals surface area contributed by atoms with Crippen LogP contribution in [0.5, 0.6) is 0 Å². The highest BCUT2D eigenvalue weighted by molar-refractivity contribution is 6.06. The SMILES string of the molecule is N#Cc1cccc(Nc2cc(C(=O)Nc3ccccc3N3CCOCC3)ccn2)c1. The maximum atomic E-state index is 12.9. The van der Waals surface area contributed by atoms with Gasteiger partial charge in [0, 0.05) is 30.5 Å². The van der Waals surface area contributed by atoms with Crippen LogP contribution in [0.1, 0.15) is 15.9 Å². The molecule has 4 rings (SSSR count). The monoisotopic (exact) mass is 399 g/mol. The van der Waals surface area contributed by atoms with E-state index in [0.29, 0.717) is 30.2 Å². The summed E-state index contributed by atoms with van der Waals surface area (Å²) in [6.07, 6.45) is 1.58. The average molecular weight is 399 g/mol. The van der Waals surface area contributed by atoms with Gasteiger partial charge in [-0.3, -0.25) is 4.79 Å². The quantitative estimate of drug-likeness (QED) is 0.678. The van der Waals surface area contributed by atoms with Gasteiger partial charge >= 0.3 is 0 Å². The maximum Gasteiger partial charge on any atom is 0.255 e. The predicted octanol–water partition coefficient (Wildman–Crippen LogP) is 3.79. The van der Waals surface area contributed by atoms with Crippen LogP contribution in [0.15, 0.2) is 66.9 Å². The maximum absolute atomic E-state index is 12.9. The fraction of sp³-hybridized carbons (Fsp3) is 0.174. The molecule has 1 amide bonds. The number of para-hydroxylation sites is 2. The highest BCUT2D eigenvalue weighted by Crippen LogP contribution is 2.27. The lowest BCUT2D eigenvalue weighted by Gasteiger charge is -2.30. The Balaban J connectivity index is 1.51. The third kappa shape index (κ3) is 4.57. The molecule has 1 aliphatic rings. The number of rotatable bonds is 5. The Kier molecular flexibility index (Phi) is 5.88. The van der Waals surface area contributed by atoms with Crippen molar-refractivity contribution in [3.63, 3.8) is 0 Å². The van der Waals surface area contributed by atoms with E-state index in [9.17, 15) is 4.79 Å². The second-order valence-corrected chi connectivity index (χ2v) is 6.82. The van der Waals surface area contributed by atoms with Gasteiger partial charge in [-0.1, -0.05) is 18.2 Å². The Morgan fingerprint density at radius 1 is 1.07 bits per heavy atom. The summed E-state index contributed by atoms with van der Waals surface area (Å²) in [5, 5.41) is 15.2. The van der Waals surface area contributed by atoms with E-state index in [1.165, 1.54) is 0 Å². The van der Waals surface area contributed by atoms with Crippen molar-refractivity contribution in [2.75, 3.05) is 41.8 Å². The van der Waals surface area contributed by atoms with Gasteiger partial charge in [-0.15, -0.1) is 0 Å². The van der Waals surface area contributed by atoms with E-state index >= 15 is 0 Å².